The predicted molar refractivity (Wildman–Crippen MR) is 83.3 cm³/mol. The maximum Gasteiger partial charge on any atom is 0.220 e. The Kier molecular flexibility index (Phi) is 7.75. The van der Waals surface area contributed by atoms with Crippen molar-refractivity contribution in [3.8, 4) is 0 Å². The van der Waals surface area contributed by atoms with E-state index in [9.17, 15) is 4.79 Å². The van der Waals surface area contributed by atoms with Gasteiger partial charge < -0.3 is 10.2 Å². The highest BCUT2D eigenvalue weighted by Crippen LogP contribution is 2.10. The van der Waals surface area contributed by atoms with E-state index in [1.54, 1.807) is 0 Å². The third-order valence-corrected chi connectivity index (χ3v) is 3.43. The summed E-state index contributed by atoms with van der Waals surface area (Å²) in [6.07, 6.45) is 2.60. The molecular weight excluding hydrogens is 304 g/mol. The number of benzene rings is 1. The highest BCUT2D eigenvalue weighted by atomic mass is 79.9. The normalized spacial score (nSPS) is 10.7. The summed E-state index contributed by atoms with van der Waals surface area (Å²) in [5, 5.41) is 3.96. The third kappa shape index (κ3) is 6.73. The molecule has 1 rings (SSSR count). The molecule has 0 aliphatic heterocycles. The Morgan fingerprint density at radius 2 is 1.89 bits per heavy atom. The Hall–Kier alpha value is -0.870. The fraction of sp³-hybridized carbons (Fsp3) is 0.533. The topological polar surface area (TPSA) is 32.3 Å². The van der Waals surface area contributed by atoms with Gasteiger partial charge in [0.2, 0.25) is 5.91 Å². The number of unbranched alkanes of at least 4 members (excludes halogenated alkanes) is 1. The second-order valence-electron chi connectivity index (χ2n) is 4.93. The van der Waals surface area contributed by atoms with E-state index >= 15 is 0 Å². The summed E-state index contributed by atoms with van der Waals surface area (Å²) >= 11 is 3.37. The second-order valence-corrected chi connectivity index (χ2v) is 5.72. The number of carbonyl (C=O) groups is 1. The minimum Gasteiger partial charge on any atom is -0.352 e. The zero-order valence-corrected chi connectivity index (χ0v) is 13.4. The molecule has 3 nitrogen and oxygen atoms in total. The molecule has 1 N–H and O–H groups in total. The average Bonchev–Trinajstić information content (AvgIpc) is 2.37. The van der Waals surface area contributed by atoms with Crippen LogP contribution in [0.2, 0.25) is 0 Å². The standard InChI is InChI=1S/C15H23BrN2O/c1-18(2)12-14-8-4-3-7-13(14)11-17-15(19)9-5-6-10-16/h3-4,7-8H,5-6,9-12H2,1-2H3,(H,17,19). The molecule has 106 valence electrons. The highest BCUT2D eigenvalue weighted by molar-refractivity contribution is 9.09. The molecule has 4 heteroatoms. The number of amides is 1. The van der Waals surface area contributed by atoms with E-state index in [-0.39, 0.29) is 5.91 Å². The van der Waals surface area contributed by atoms with Crippen molar-refractivity contribution >= 4 is 21.8 Å². The van der Waals surface area contributed by atoms with Gasteiger partial charge in [-0.15, -0.1) is 0 Å². The van der Waals surface area contributed by atoms with Crippen LogP contribution >= 0.6 is 15.9 Å². The molecule has 1 amide bonds. The number of nitrogens with zero attached hydrogens (tertiary/aromatic N) is 1. The van der Waals surface area contributed by atoms with Gasteiger partial charge >= 0.3 is 0 Å². The predicted octanol–water partition coefficient (Wildman–Crippen LogP) is 2.93. The van der Waals surface area contributed by atoms with Gasteiger partial charge in [0.05, 0.1) is 0 Å². The lowest BCUT2D eigenvalue weighted by Crippen LogP contribution is -2.23. The smallest absolute Gasteiger partial charge is 0.220 e. The molecule has 0 spiro atoms. The number of hydrogen-bond donors (Lipinski definition) is 1. The summed E-state index contributed by atoms with van der Waals surface area (Å²) in [7, 11) is 4.10. The highest BCUT2D eigenvalue weighted by Gasteiger charge is 2.05. The van der Waals surface area contributed by atoms with E-state index in [2.05, 4.69) is 52.4 Å². The zero-order valence-electron chi connectivity index (χ0n) is 11.8. The maximum atomic E-state index is 11.7. The fourth-order valence-corrected chi connectivity index (χ4v) is 2.28. The summed E-state index contributed by atoms with van der Waals surface area (Å²) < 4.78 is 0. The molecule has 0 radical (unpaired) electrons. The Balaban J connectivity index is 2.46. The molecule has 0 saturated heterocycles. The van der Waals surface area contributed by atoms with E-state index in [4.69, 9.17) is 0 Å². The zero-order chi connectivity index (χ0) is 14.1. The van der Waals surface area contributed by atoms with E-state index in [1.165, 1.54) is 11.1 Å². The van der Waals surface area contributed by atoms with Gasteiger partial charge in [-0.05, 0) is 38.1 Å². The lowest BCUT2D eigenvalue weighted by Gasteiger charge is -2.14. The molecule has 0 fully saturated rings. The van der Waals surface area contributed by atoms with Crippen LogP contribution in [0.15, 0.2) is 24.3 Å². The minimum atomic E-state index is 0.139. The average molecular weight is 327 g/mol. The molecule has 0 bridgehead atoms. The van der Waals surface area contributed by atoms with Crippen molar-refractivity contribution in [2.75, 3.05) is 19.4 Å². The SMILES string of the molecule is CN(C)Cc1ccccc1CNC(=O)CCCCBr. The van der Waals surface area contributed by atoms with Crippen LogP contribution in [0, 0.1) is 0 Å². The van der Waals surface area contributed by atoms with Crippen molar-refractivity contribution < 1.29 is 4.79 Å². The molecule has 0 aliphatic rings. The molecule has 0 aliphatic carbocycles. The summed E-state index contributed by atoms with van der Waals surface area (Å²) in [5.74, 6) is 0.139. The van der Waals surface area contributed by atoms with E-state index in [0.717, 1.165) is 24.7 Å². The van der Waals surface area contributed by atoms with Crippen molar-refractivity contribution in [2.45, 2.75) is 32.4 Å². The molecule has 0 heterocycles. The molecule has 1 aromatic carbocycles. The summed E-state index contributed by atoms with van der Waals surface area (Å²) in [6.45, 7) is 1.52. The lowest BCUT2D eigenvalue weighted by atomic mass is 10.1. The van der Waals surface area contributed by atoms with E-state index in [0.29, 0.717) is 13.0 Å². The fourth-order valence-electron chi connectivity index (χ4n) is 1.89. The van der Waals surface area contributed by atoms with Gasteiger partial charge in [-0.25, -0.2) is 0 Å². The largest absolute Gasteiger partial charge is 0.352 e. The monoisotopic (exact) mass is 326 g/mol. The van der Waals surface area contributed by atoms with Crippen LogP contribution in [-0.4, -0.2) is 30.2 Å². The van der Waals surface area contributed by atoms with Crippen LogP contribution in [0.3, 0.4) is 0 Å². The number of alkyl halides is 1. The maximum absolute atomic E-state index is 11.7. The van der Waals surface area contributed by atoms with Crippen molar-refractivity contribution in [1.29, 1.82) is 0 Å². The van der Waals surface area contributed by atoms with Gasteiger partial charge in [-0.1, -0.05) is 40.2 Å². The number of carbonyl (C=O) groups excluding carboxylic acids is 1. The molecule has 0 aromatic heterocycles. The molecule has 0 atom stereocenters. The van der Waals surface area contributed by atoms with Gasteiger partial charge in [0.15, 0.2) is 0 Å². The van der Waals surface area contributed by atoms with E-state index in [1.807, 2.05) is 12.1 Å². The van der Waals surface area contributed by atoms with Crippen molar-refractivity contribution in [1.82, 2.24) is 10.2 Å². The van der Waals surface area contributed by atoms with Gasteiger partial charge in [-0.2, -0.15) is 0 Å². The molecule has 1 aromatic rings. The van der Waals surface area contributed by atoms with Crippen LogP contribution in [0.5, 0.6) is 0 Å². The Labute approximate surface area is 124 Å². The summed E-state index contributed by atoms with van der Waals surface area (Å²) in [5.41, 5.74) is 2.47. The summed E-state index contributed by atoms with van der Waals surface area (Å²) in [4.78, 5) is 13.8. The number of halogens is 1. The number of rotatable bonds is 8. The van der Waals surface area contributed by atoms with Crippen LogP contribution in [-0.2, 0) is 17.9 Å². The van der Waals surface area contributed by atoms with Crippen LogP contribution in [0.4, 0.5) is 0 Å². The third-order valence-electron chi connectivity index (χ3n) is 2.87. The van der Waals surface area contributed by atoms with Gasteiger partial charge in [-0.3, -0.25) is 4.79 Å². The minimum absolute atomic E-state index is 0.139. The summed E-state index contributed by atoms with van der Waals surface area (Å²) in [6, 6.07) is 8.26. The van der Waals surface area contributed by atoms with Crippen LogP contribution in [0.25, 0.3) is 0 Å². The van der Waals surface area contributed by atoms with Crippen LogP contribution < -0.4 is 5.32 Å². The molecule has 0 unspecified atom stereocenters. The lowest BCUT2D eigenvalue weighted by molar-refractivity contribution is -0.121. The first-order valence-electron chi connectivity index (χ1n) is 6.67. The number of hydrogen-bond acceptors (Lipinski definition) is 2. The van der Waals surface area contributed by atoms with Gasteiger partial charge in [0, 0.05) is 24.8 Å². The first-order chi connectivity index (χ1) is 9.13. The molecular formula is C15H23BrN2O. The molecule has 19 heavy (non-hydrogen) atoms. The number of nitrogens with one attached hydrogen (secondary N) is 1. The first-order valence-corrected chi connectivity index (χ1v) is 7.80. The van der Waals surface area contributed by atoms with E-state index < -0.39 is 0 Å². The first kappa shape index (κ1) is 16.2. The van der Waals surface area contributed by atoms with Crippen molar-refractivity contribution in [3.05, 3.63) is 35.4 Å². The Bertz CT molecular complexity index is 393. The Morgan fingerprint density at radius 1 is 1.21 bits per heavy atom. The van der Waals surface area contributed by atoms with Crippen LogP contribution in [0.1, 0.15) is 30.4 Å². The molecule has 0 saturated carbocycles. The Morgan fingerprint density at radius 3 is 2.53 bits per heavy atom. The van der Waals surface area contributed by atoms with Gasteiger partial charge in [0.1, 0.15) is 0 Å². The second kappa shape index (κ2) is 9.10. The quantitative estimate of drug-likeness (QED) is 0.588. The van der Waals surface area contributed by atoms with Gasteiger partial charge in [0.25, 0.3) is 0 Å². The van der Waals surface area contributed by atoms with Crippen molar-refractivity contribution in [2.24, 2.45) is 0 Å². The van der Waals surface area contributed by atoms with Crippen molar-refractivity contribution in [3.63, 3.8) is 0 Å².